The Hall–Kier alpha value is 0.110. The molecule has 1 N–H and O–H groups in total. The van der Waals surface area contributed by atoms with Crippen LogP contribution < -0.4 is 5.32 Å². The lowest BCUT2D eigenvalue weighted by atomic mass is 10.3. The van der Waals surface area contributed by atoms with Crippen LogP contribution >= 0.6 is 15.9 Å². The van der Waals surface area contributed by atoms with E-state index in [0.29, 0.717) is 0 Å². The van der Waals surface area contributed by atoms with Crippen molar-refractivity contribution in [3.05, 3.63) is 0 Å². The van der Waals surface area contributed by atoms with Gasteiger partial charge in [-0.15, -0.1) is 0 Å². The number of alkyl halides is 1. The highest BCUT2D eigenvalue weighted by Crippen LogP contribution is 2.00. The zero-order valence-corrected chi connectivity index (χ0v) is 6.60. The standard InChI is InChI=1S/C5H10BrNO/c1-4(6)5(3-8)7-2/h3-5,7H,1-2H3. The lowest BCUT2D eigenvalue weighted by Gasteiger charge is -2.09. The topological polar surface area (TPSA) is 29.1 Å². The molecule has 0 spiro atoms. The average Bonchev–Trinajstić information content (AvgIpc) is 1.69. The Labute approximate surface area is 57.8 Å². The molecule has 0 heterocycles. The van der Waals surface area contributed by atoms with Gasteiger partial charge in [-0.3, -0.25) is 0 Å². The van der Waals surface area contributed by atoms with Crippen molar-refractivity contribution in [2.75, 3.05) is 7.05 Å². The fourth-order valence-corrected chi connectivity index (χ4v) is 0.795. The van der Waals surface area contributed by atoms with Gasteiger partial charge in [0.2, 0.25) is 0 Å². The molecule has 48 valence electrons. The van der Waals surface area contributed by atoms with Crippen LogP contribution in [0.4, 0.5) is 0 Å². The smallest absolute Gasteiger partial charge is 0.138 e. The van der Waals surface area contributed by atoms with E-state index >= 15 is 0 Å². The zero-order valence-electron chi connectivity index (χ0n) is 5.02. The quantitative estimate of drug-likeness (QED) is 0.507. The van der Waals surface area contributed by atoms with Gasteiger partial charge in [0, 0.05) is 4.83 Å². The molecule has 0 fully saturated rings. The van der Waals surface area contributed by atoms with E-state index in [1.807, 2.05) is 6.92 Å². The maximum Gasteiger partial charge on any atom is 0.138 e. The van der Waals surface area contributed by atoms with Crippen LogP contribution in [0.2, 0.25) is 0 Å². The first kappa shape index (κ1) is 8.11. The van der Waals surface area contributed by atoms with Gasteiger partial charge in [0.05, 0.1) is 6.04 Å². The number of aldehydes is 1. The SMILES string of the molecule is CNC(C=O)C(C)Br. The molecule has 0 saturated carbocycles. The Bertz CT molecular complexity index is 74.8. The first-order valence-electron chi connectivity index (χ1n) is 2.49. The Kier molecular flexibility index (Phi) is 4.09. The molecule has 0 aliphatic carbocycles. The Morgan fingerprint density at radius 3 is 2.25 bits per heavy atom. The third-order valence-electron chi connectivity index (χ3n) is 0.975. The molecule has 0 aliphatic rings. The molecule has 3 heteroatoms. The molecule has 0 aromatic heterocycles. The molecule has 0 aromatic rings. The van der Waals surface area contributed by atoms with E-state index in [1.54, 1.807) is 7.05 Å². The molecule has 0 amide bonds. The predicted molar refractivity (Wildman–Crippen MR) is 37.3 cm³/mol. The zero-order chi connectivity index (χ0) is 6.57. The Balaban J connectivity index is 3.51. The van der Waals surface area contributed by atoms with Gasteiger partial charge in [-0.2, -0.15) is 0 Å². The van der Waals surface area contributed by atoms with Crippen molar-refractivity contribution in [3.8, 4) is 0 Å². The normalized spacial score (nSPS) is 17.4. The summed E-state index contributed by atoms with van der Waals surface area (Å²) in [5, 5.41) is 2.84. The first-order chi connectivity index (χ1) is 3.72. The maximum absolute atomic E-state index is 10.1. The summed E-state index contributed by atoms with van der Waals surface area (Å²) in [5.74, 6) is 0. The van der Waals surface area contributed by atoms with Crippen molar-refractivity contribution in [2.45, 2.75) is 17.8 Å². The molecular weight excluding hydrogens is 170 g/mol. The number of carbonyl (C=O) groups is 1. The molecule has 0 rings (SSSR count). The van der Waals surface area contributed by atoms with E-state index in [0.717, 1.165) is 6.29 Å². The van der Waals surface area contributed by atoms with Crippen molar-refractivity contribution < 1.29 is 4.79 Å². The second-order valence-corrected chi connectivity index (χ2v) is 3.07. The van der Waals surface area contributed by atoms with Crippen LogP contribution in [0.5, 0.6) is 0 Å². The third kappa shape index (κ3) is 2.43. The molecule has 0 radical (unpaired) electrons. The summed E-state index contributed by atoms with van der Waals surface area (Å²) >= 11 is 3.27. The highest BCUT2D eigenvalue weighted by molar-refractivity contribution is 9.09. The summed E-state index contributed by atoms with van der Waals surface area (Å²) < 4.78 is 0. The van der Waals surface area contributed by atoms with E-state index in [9.17, 15) is 4.79 Å². The molecule has 0 saturated heterocycles. The van der Waals surface area contributed by atoms with Gasteiger partial charge in [-0.25, -0.2) is 0 Å². The lowest BCUT2D eigenvalue weighted by molar-refractivity contribution is -0.109. The highest BCUT2D eigenvalue weighted by atomic mass is 79.9. The third-order valence-corrected chi connectivity index (χ3v) is 1.54. The van der Waals surface area contributed by atoms with Crippen LogP contribution in [0.25, 0.3) is 0 Å². The van der Waals surface area contributed by atoms with E-state index in [2.05, 4.69) is 21.2 Å². The largest absolute Gasteiger partial charge is 0.310 e. The fourth-order valence-electron chi connectivity index (χ4n) is 0.406. The number of carbonyl (C=O) groups excluding carboxylic acids is 1. The highest BCUT2D eigenvalue weighted by Gasteiger charge is 2.08. The van der Waals surface area contributed by atoms with Gasteiger partial charge in [0.25, 0.3) is 0 Å². The summed E-state index contributed by atoms with van der Waals surface area (Å²) in [6.07, 6.45) is 0.888. The van der Waals surface area contributed by atoms with Crippen molar-refractivity contribution in [1.82, 2.24) is 5.32 Å². The average molecular weight is 180 g/mol. The van der Waals surface area contributed by atoms with Crippen LogP contribution in [0, 0.1) is 0 Å². The summed E-state index contributed by atoms with van der Waals surface area (Å²) in [5.41, 5.74) is 0. The second kappa shape index (κ2) is 4.04. The van der Waals surface area contributed by atoms with Crippen LogP contribution in [0.15, 0.2) is 0 Å². The molecule has 0 aliphatic heterocycles. The van der Waals surface area contributed by atoms with Crippen LogP contribution in [0.3, 0.4) is 0 Å². The molecular formula is C5H10BrNO. The predicted octanol–water partition coefficient (Wildman–Crippen LogP) is 0.557. The summed E-state index contributed by atoms with van der Waals surface area (Å²) in [7, 11) is 1.76. The monoisotopic (exact) mass is 179 g/mol. The number of likely N-dealkylation sites (N-methyl/N-ethyl adjacent to an activating group) is 1. The number of hydrogen-bond donors (Lipinski definition) is 1. The number of rotatable bonds is 3. The van der Waals surface area contributed by atoms with Crippen LogP contribution in [-0.2, 0) is 4.79 Å². The van der Waals surface area contributed by atoms with E-state index in [-0.39, 0.29) is 10.9 Å². The van der Waals surface area contributed by atoms with Crippen LogP contribution in [0.1, 0.15) is 6.92 Å². The molecule has 0 aromatic carbocycles. The molecule has 2 unspecified atom stereocenters. The van der Waals surface area contributed by atoms with Gasteiger partial charge in [0.15, 0.2) is 0 Å². The van der Waals surface area contributed by atoms with Crippen LogP contribution in [-0.4, -0.2) is 24.2 Å². The Morgan fingerprint density at radius 2 is 2.25 bits per heavy atom. The molecule has 2 nitrogen and oxygen atoms in total. The van der Waals surface area contributed by atoms with Crippen molar-refractivity contribution in [3.63, 3.8) is 0 Å². The fraction of sp³-hybridized carbons (Fsp3) is 0.800. The lowest BCUT2D eigenvalue weighted by Crippen LogP contribution is -2.33. The first-order valence-corrected chi connectivity index (χ1v) is 3.40. The molecule has 8 heavy (non-hydrogen) atoms. The molecule has 2 atom stereocenters. The summed E-state index contributed by atoms with van der Waals surface area (Å²) in [6.45, 7) is 1.93. The number of hydrogen-bond acceptors (Lipinski definition) is 2. The Morgan fingerprint density at radius 1 is 1.75 bits per heavy atom. The molecule has 0 bridgehead atoms. The van der Waals surface area contributed by atoms with Crippen molar-refractivity contribution >= 4 is 22.2 Å². The van der Waals surface area contributed by atoms with E-state index < -0.39 is 0 Å². The van der Waals surface area contributed by atoms with Gasteiger partial charge < -0.3 is 10.1 Å². The minimum absolute atomic E-state index is 0.0602. The second-order valence-electron chi connectivity index (χ2n) is 1.63. The van der Waals surface area contributed by atoms with Gasteiger partial charge in [0.1, 0.15) is 6.29 Å². The van der Waals surface area contributed by atoms with Crippen molar-refractivity contribution in [1.29, 1.82) is 0 Å². The van der Waals surface area contributed by atoms with Gasteiger partial charge in [-0.05, 0) is 7.05 Å². The summed E-state index contributed by atoms with van der Waals surface area (Å²) in [4.78, 5) is 10.3. The van der Waals surface area contributed by atoms with E-state index in [4.69, 9.17) is 0 Å². The number of halogens is 1. The van der Waals surface area contributed by atoms with Crippen molar-refractivity contribution in [2.24, 2.45) is 0 Å². The van der Waals surface area contributed by atoms with Gasteiger partial charge in [-0.1, -0.05) is 22.9 Å². The van der Waals surface area contributed by atoms with E-state index in [1.165, 1.54) is 0 Å². The minimum Gasteiger partial charge on any atom is -0.310 e. The maximum atomic E-state index is 10.1. The number of nitrogens with one attached hydrogen (secondary N) is 1. The van der Waals surface area contributed by atoms with Gasteiger partial charge >= 0.3 is 0 Å². The minimum atomic E-state index is -0.0602. The summed E-state index contributed by atoms with van der Waals surface area (Å²) in [6, 6.07) is -0.0602.